The first kappa shape index (κ1) is 8.55. The molecule has 1 aliphatic carbocycles. The Balaban J connectivity index is 1.95. The van der Waals surface area contributed by atoms with Crippen molar-refractivity contribution in [1.82, 2.24) is 4.90 Å². The SMILES string of the molecule is CCN1CCC2CCCC(C2)C1. The molecule has 12 heavy (non-hydrogen) atoms. The summed E-state index contributed by atoms with van der Waals surface area (Å²) in [5, 5.41) is 0. The minimum atomic E-state index is 1.05. The van der Waals surface area contributed by atoms with Crippen molar-refractivity contribution in [2.24, 2.45) is 11.8 Å². The fourth-order valence-corrected chi connectivity index (χ4v) is 2.94. The predicted octanol–water partition coefficient (Wildman–Crippen LogP) is 2.52. The summed E-state index contributed by atoms with van der Waals surface area (Å²) in [6.07, 6.45) is 7.55. The third kappa shape index (κ3) is 1.82. The molecule has 1 heteroatoms. The van der Waals surface area contributed by atoms with Gasteiger partial charge in [-0.05, 0) is 44.2 Å². The highest BCUT2D eigenvalue weighted by atomic mass is 15.1. The average molecular weight is 167 g/mol. The van der Waals surface area contributed by atoms with Gasteiger partial charge >= 0.3 is 0 Å². The second-order valence-corrected chi connectivity index (χ2v) is 4.58. The molecule has 2 rings (SSSR count). The molecule has 0 aromatic heterocycles. The Morgan fingerprint density at radius 3 is 2.83 bits per heavy atom. The molecule has 0 N–H and O–H groups in total. The van der Waals surface area contributed by atoms with Gasteiger partial charge in [-0.15, -0.1) is 0 Å². The lowest BCUT2D eigenvalue weighted by atomic mass is 9.81. The molecule has 0 amide bonds. The normalized spacial score (nSPS) is 37.8. The average Bonchev–Trinajstić information content (AvgIpc) is 2.25. The molecule has 1 heterocycles. The van der Waals surface area contributed by atoms with Crippen molar-refractivity contribution in [3.8, 4) is 0 Å². The first-order valence-electron chi connectivity index (χ1n) is 5.61. The summed E-state index contributed by atoms with van der Waals surface area (Å²) in [6.45, 7) is 6.34. The van der Waals surface area contributed by atoms with E-state index in [1.807, 2.05) is 0 Å². The molecule has 70 valence electrons. The van der Waals surface area contributed by atoms with E-state index in [2.05, 4.69) is 11.8 Å². The fourth-order valence-electron chi connectivity index (χ4n) is 2.94. The Labute approximate surface area is 76.1 Å². The lowest BCUT2D eigenvalue weighted by Crippen LogP contribution is -2.28. The van der Waals surface area contributed by atoms with E-state index in [9.17, 15) is 0 Å². The highest BCUT2D eigenvalue weighted by molar-refractivity contribution is 4.79. The van der Waals surface area contributed by atoms with Gasteiger partial charge in [-0.25, -0.2) is 0 Å². The Kier molecular flexibility index (Phi) is 2.69. The van der Waals surface area contributed by atoms with Gasteiger partial charge in [0.05, 0.1) is 0 Å². The van der Waals surface area contributed by atoms with Crippen LogP contribution in [0.4, 0.5) is 0 Å². The van der Waals surface area contributed by atoms with Crippen molar-refractivity contribution in [3.63, 3.8) is 0 Å². The highest BCUT2D eigenvalue weighted by Gasteiger charge is 2.26. The van der Waals surface area contributed by atoms with E-state index in [4.69, 9.17) is 0 Å². The lowest BCUT2D eigenvalue weighted by Gasteiger charge is -2.26. The molecule has 0 aromatic rings. The van der Waals surface area contributed by atoms with E-state index in [0.29, 0.717) is 0 Å². The molecule has 2 aliphatic rings. The van der Waals surface area contributed by atoms with Crippen molar-refractivity contribution in [2.75, 3.05) is 19.6 Å². The standard InChI is InChI=1S/C11H21N/c1-2-12-7-6-10-4-3-5-11(8-10)9-12/h10-11H,2-9H2,1H3. The van der Waals surface area contributed by atoms with Crippen LogP contribution in [0, 0.1) is 11.8 Å². The van der Waals surface area contributed by atoms with E-state index in [0.717, 1.165) is 11.8 Å². The van der Waals surface area contributed by atoms with Crippen molar-refractivity contribution in [2.45, 2.75) is 39.0 Å². The number of rotatable bonds is 1. The number of fused-ring (bicyclic) bond motifs is 2. The van der Waals surface area contributed by atoms with E-state index < -0.39 is 0 Å². The Hall–Kier alpha value is -0.0400. The van der Waals surface area contributed by atoms with Crippen LogP contribution in [-0.4, -0.2) is 24.5 Å². The molecule has 2 bridgehead atoms. The summed E-state index contributed by atoms with van der Waals surface area (Å²) in [4.78, 5) is 2.65. The molecule has 1 aliphatic heterocycles. The van der Waals surface area contributed by atoms with Crippen molar-refractivity contribution in [3.05, 3.63) is 0 Å². The van der Waals surface area contributed by atoms with Crippen LogP contribution in [0.5, 0.6) is 0 Å². The van der Waals surface area contributed by atoms with E-state index in [1.165, 1.54) is 51.7 Å². The molecule has 1 nitrogen and oxygen atoms in total. The highest BCUT2D eigenvalue weighted by Crippen LogP contribution is 2.34. The summed E-state index contributed by atoms with van der Waals surface area (Å²) < 4.78 is 0. The van der Waals surface area contributed by atoms with Crippen LogP contribution in [0.25, 0.3) is 0 Å². The van der Waals surface area contributed by atoms with Gasteiger partial charge in [0.25, 0.3) is 0 Å². The first-order valence-corrected chi connectivity index (χ1v) is 5.61. The van der Waals surface area contributed by atoms with Crippen LogP contribution >= 0.6 is 0 Å². The summed E-state index contributed by atoms with van der Waals surface area (Å²) in [7, 11) is 0. The first-order chi connectivity index (χ1) is 5.88. The van der Waals surface area contributed by atoms with Crippen LogP contribution in [-0.2, 0) is 0 Å². The molecular formula is C11H21N. The van der Waals surface area contributed by atoms with Crippen LogP contribution in [0.3, 0.4) is 0 Å². The van der Waals surface area contributed by atoms with Gasteiger partial charge < -0.3 is 4.90 Å². The number of hydrogen-bond donors (Lipinski definition) is 0. The van der Waals surface area contributed by atoms with Crippen molar-refractivity contribution in [1.29, 1.82) is 0 Å². The summed E-state index contributed by atoms with van der Waals surface area (Å²) in [5.41, 5.74) is 0. The number of hydrogen-bond acceptors (Lipinski definition) is 1. The zero-order valence-electron chi connectivity index (χ0n) is 8.26. The molecular weight excluding hydrogens is 146 g/mol. The summed E-state index contributed by atoms with van der Waals surface area (Å²) in [5.74, 6) is 2.13. The van der Waals surface area contributed by atoms with Crippen molar-refractivity contribution >= 4 is 0 Å². The predicted molar refractivity (Wildman–Crippen MR) is 52.2 cm³/mol. The van der Waals surface area contributed by atoms with E-state index >= 15 is 0 Å². The molecule has 2 atom stereocenters. The zero-order valence-corrected chi connectivity index (χ0v) is 8.26. The fraction of sp³-hybridized carbons (Fsp3) is 1.00. The minimum Gasteiger partial charge on any atom is -0.303 e. The molecule has 1 saturated heterocycles. The second-order valence-electron chi connectivity index (χ2n) is 4.58. The van der Waals surface area contributed by atoms with E-state index in [1.54, 1.807) is 0 Å². The molecule has 0 spiro atoms. The third-order valence-corrected chi connectivity index (χ3v) is 3.71. The second kappa shape index (κ2) is 3.78. The van der Waals surface area contributed by atoms with Crippen LogP contribution in [0.15, 0.2) is 0 Å². The molecule has 1 saturated carbocycles. The van der Waals surface area contributed by atoms with Gasteiger partial charge in [0, 0.05) is 6.54 Å². The minimum absolute atomic E-state index is 1.05. The molecule has 2 fully saturated rings. The van der Waals surface area contributed by atoms with Gasteiger partial charge in [0.2, 0.25) is 0 Å². The number of likely N-dealkylation sites (tertiary alicyclic amines) is 1. The zero-order chi connectivity index (χ0) is 8.39. The monoisotopic (exact) mass is 167 g/mol. The largest absolute Gasteiger partial charge is 0.303 e. The quantitative estimate of drug-likeness (QED) is 0.580. The van der Waals surface area contributed by atoms with Crippen LogP contribution in [0.2, 0.25) is 0 Å². The molecule has 0 radical (unpaired) electrons. The Bertz CT molecular complexity index is 144. The van der Waals surface area contributed by atoms with E-state index in [-0.39, 0.29) is 0 Å². The molecule has 0 aromatic carbocycles. The van der Waals surface area contributed by atoms with Crippen LogP contribution in [0.1, 0.15) is 39.0 Å². The van der Waals surface area contributed by atoms with Gasteiger partial charge in [0.1, 0.15) is 0 Å². The van der Waals surface area contributed by atoms with Crippen LogP contribution < -0.4 is 0 Å². The maximum Gasteiger partial charge on any atom is 0.000964 e. The Morgan fingerprint density at radius 2 is 2.00 bits per heavy atom. The third-order valence-electron chi connectivity index (χ3n) is 3.71. The Morgan fingerprint density at radius 1 is 1.17 bits per heavy atom. The lowest BCUT2D eigenvalue weighted by molar-refractivity contribution is 0.238. The summed E-state index contributed by atoms with van der Waals surface area (Å²) in [6, 6.07) is 0. The van der Waals surface area contributed by atoms with Gasteiger partial charge in [-0.1, -0.05) is 19.8 Å². The summed E-state index contributed by atoms with van der Waals surface area (Å²) >= 11 is 0. The maximum atomic E-state index is 2.65. The van der Waals surface area contributed by atoms with Crippen molar-refractivity contribution < 1.29 is 0 Å². The van der Waals surface area contributed by atoms with Gasteiger partial charge in [0.15, 0.2) is 0 Å². The topological polar surface area (TPSA) is 3.24 Å². The van der Waals surface area contributed by atoms with Gasteiger partial charge in [-0.2, -0.15) is 0 Å². The maximum absolute atomic E-state index is 2.65. The molecule has 2 unspecified atom stereocenters. The smallest absolute Gasteiger partial charge is 0.000964 e. The van der Waals surface area contributed by atoms with Gasteiger partial charge in [-0.3, -0.25) is 0 Å². The number of nitrogens with zero attached hydrogens (tertiary/aromatic N) is 1.